The van der Waals surface area contributed by atoms with Crippen molar-refractivity contribution < 1.29 is 23.5 Å². The van der Waals surface area contributed by atoms with Crippen LogP contribution in [-0.4, -0.2) is 56.6 Å². The SMILES string of the molecule is COc1ccc(CN2CCNC(=O)C2CC(=O)NCCc2ccc(F)cc2)c(OC)c1. The standard InChI is InChI=1S/C23H28FN3O4/c1-30-19-8-5-17(21(13-19)31-2)15-27-12-11-26-23(29)20(27)14-22(28)25-10-9-16-3-6-18(24)7-4-16/h3-8,13,20H,9-12,14-15H2,1-2H3,(H,25,28)(H,26,29). The molecule has 1 fully saturated rings. The second-order valence-electron chi connectivity index (χ2n) is 7.39. The number of rotatable bonds is 9. The van der Waals surface area contributed by atoms with Crippen LogP contribution in [0.4, 0.5) is 4.39 Å². The normalized spacial score (nSPS) is 16.5. The Bertz CT molecular complexity index is 904. The minimum Gasteiger partial charge on any atom is -0.497 e. The van der Waals surface area contributed by atoms with E-state index in [1.54, 1.807) is 32.4 Å². The number of nitrogens with zero attached hydrogens (tertiary/aromatic N) is 1. The lowest BCUT2D eigenvalue weighted by molar-refractivity contribution is -0.134. The molecule has 2 aromatic rings. The van der Waals surface area contributed by atoms with E-state index in [4.69, 9.17) is 9.47 Å². The molecule has 2 aromatic carbocycles. The van der Waals surface area contributed by atoms with Crippen molar-refractivity contribution in [1.82, 2.24) is 15.5 Å². The van der Waals surface area contributed by atoms with Crippen molar-refractivity contribution in [3.8, 4) is 11.5 Å². The molecule has 3 rings (SSSR count). The zero-order valence-corrected chi connectivity index (χ0v) is 17.8. The summed E-state index contributed by atoms with van der Waals surface area (Å²) < 4.78 is 23.7. The molecule has 8 heteroatoms. The molecule has 2 N–H and O–H groups in total. The fraction of sp³-hybridized carbons (Fsp3) is 0.391. The molecule has 31 heavy (non-hydrogen) atoms. The predicted molar refractivity (Wildman–Crippen MR) is 114 cm³/mol. The third-order valence-electron chi connectivity index (χ3n) is 5.34. The zero-order valence-electron chi connectivity index (χ0n) is 17.8. The molecule has 1 saturated heterocycles. The van der Waals surface area contributed by atoms with Gasteiger partial charge in [-0.25, -0.2) is 4.39 Å². The van der Waals surface area contributed by atoms with Crippen LogP contribution in [0, 0.1) is 5.82 Å². The molecule has 2 amide bonds. The van der Waals surface area contributed by atoms with E-state index in [1.165, 1.54) is 12.1 Å². The molecule has 166 valence electrons. The highest BCUT2D eigenvalue weighted by molar-refractivity contribution is 5.88. The van der Waals surface area contributed by atoms with E-state index >= 15 is 0 Å². The number of hydrogen-bond acceptors (Lipinski definition) is 5. The van der Waals surface area contributed by atoms with E-state index < -0.39 is 6.04 Å². The van der Waals surface area contributed by atoms with E-state index in [2.05, 4.69) is 10.6 Å². The van der Waals surface area contributed by atoms with Crippen LogP contribution in [0.5, 0.6) is 11.5 Å². The summed E-state index contributed by atoms with van der Waals surface area (Å²) in [7, 11) is 3.18. The topological polar surface area (TPSA) is 79.9 Å². The third kappa shape index (κ3) is 6.18. The summed E-state index contributed by atoms with van der Waals surface area (Å²) in [6.45, 7) is 2.06. The summed E-state index contributed by atoms with van der Waals surface area (Å²) in [4.78, 5) is 27.0. The van der Waals surface area contributed by atoms with Gasteiger partial charge in [0.2, 0.25) is 11.8 Å². The second kappa shape index (κ2) is 10.8. The van der Waals surface area contributed by atoms with Crippen molar-refractivity contribution in [3.63, 3.8) is 0 Å². The number of carbonyl (C=O) groups excluding carboxylic acids is 2. The molecule has 1 heterocycles. The Balaban J connectivity index is 1.59. The van der Waals surface area contributed by atoms with Gasteiger partial charge in [0.25, 0.3) is 0 Å². The van der Waals surface area contributed by atoms with Crippen LogP contribution >= 0.6 is 0 Å². The van der Waals surface area contributed by atoms with Crippen molar-refractivity contribution in [2.24, 2.45) is 0 Å². The Morgan fingerprint density at radius 1 is 1.19 bits per heavy atom. The van der Waals surface area contributed by atoms with Crippen LogP contribution in [0.15, 0.2) is 42.5 Å². The number of halogens is 1. The van der Waals surface area contributed by atoms with Gasteiger partial charge in [-0.2, -0.15) is 0 Å². The fourth-order valence-corrected chi connectivity index (χ4v) is 3.62. The van der Waals surface area contributed by atoms with Gasteiger partial charge in [-0.1, -0.05) is 18.2 Å². The maximum atomic E-state index is 13.0. The number of piperazine rings is 1. The van der Waals surface area contributed by atoms with E-state index in [1.807, 2.05) is 17.0 Å². The van der Waals surface area contributed by atoms with Gasteiger partial charge in [0.05, 0.1) is 26.7 Å². The van der Waals surface area contributed by atoms with Crippen LogP contribution < -0.4 is 20.1 Å². The average Bonchev–Trinajstić information content (AvgIpc) is 2.77. The van der Waals surface area contributed by atoms with Crippen LogP contribution in [0.2, 0.25) is 0 Å². The van der Waals surface area contributed by atoms with Crippen molar-refractivity contribution in [3.05, 3.63) is 59.4 Å². The van der Waals surface area contributed by atoms with Gasteiger partial charge in [0.15, 0.2) is 0 Å². The Morgan fingerprint density at radius 2 is 1.97 bits per heavy atom. The molecular weight excluding hydrogens is 401 g/mol. The highest BCUT2D eigenvalue weighted by atomic mass is 19.1. The van der Waals surface area contributed by atoms with E-state index in [-0.39, 0.29) is 24.1 Å². The van der Waals surface area contributed by atoms with Crippen molar-refractivity contribution >= 4 is 11.8 Å². The molecule has 1 unspecified atom stereocenters. The van der Waals surface area contributed by atoms with Gasteiger partial charge in [0.1, 0.15) is 17.3 Å². The fourth-order valence-electron chi connectivity index (χ4n) is 3.62. The number of nitrogens with one attached hydrogen (secondary N) is 2. The summed E-state index contributed by atoms with van der Waals surface area (Å²) in [6, 6.07) is 11.2. The summed E-state index contributed by atoms with van der Waals surface area (Å²) in [5.41, 5.74) is 1.85. The maximum absolute atomic E-state index is 13.0. The number of benzene rings is 2. The summed E-state index contributed by atoms with van der Waals surface area (Å²) in [6.07, 6.45) is 0.656. The van der Waals surface area contributed by atoms with Crippen LogP contribution in [-0.2, 0) is 22.6 Å². The Labute approximate surface area is 181 Å². The Hall–Kier alpha value is -3.13. The first-order valence-corrected chi connectivity index (χ1v) is 10.2. The lowest BCUT2D eigenvalue weighted by atomic mass is 10.1. The number of hydrogen-bond donors (Lipinski definition) is 2. The molecular formula is C23H28FN3O4. The van der Waals surface area contributed by atoms with E-state index in [0.717, 1.165) is 11.1 Å². The third-order valence-corrected chi connectivity index (χ3v) is 5.34. The molecule has 0 aromatic heterocycles. The molecule has 7 nitrogen and oxygen atoms in total. The Kier molecular flexibility index (Phi) is 7.83. The minimum absolute atomic E-state index is 0.0632. The van der Waals surface area contributed by atoms with Gasteiger partial charge in [-0.3, -0.25) is 14.5 Å². The van der Waals surface area contributed by atoms with Gasteiger partial charge in [0, 0.05) is 37.8 Å². The van der Waals surface area contributed by atoms with Crippen molar-refractivity contribution in [2.45, 2.75) is 25.4 Å². The lowest BCUT2D eigenvalue weighted by Gasteiger charge is -2.35. The first-order valence-electron chi connectivity index (χ1n) is 10.2. The first-order chi connectivity index (χ1) is 15.0. The molecule has 1 atom stereocenters. The summed E-state index contributed by atoms with van der Waals surface area (Å²) >= 11 is 0. The first kappa shape index (κ1) is 22.6. The van der Waals surface area contributed by atoms with Gasteiger partial charge < -0.3 is 20.1 Å². The van der Waals surface area contributed by atoms with Crippen LogP contribution in [0.25, 0.3) is 0 Å². The number of ether oxygens (including phenoxy) is 2. The van der Waals surface area contributed by atoms with Crippen molar-refractivity contribution in [2.75, 3.05) is 33.9 Å². The zero-order chi connectivity index (χ0) is 22.2. The van der Waals surface area contributed by atoms with E-state index in [0.29, 0.717) is 44.1 Å². The minimum atomic E-state index is -0.564. The van der Waals surface area contributed by atoms with Gasteiger partial charge in [-0.15, -0.1) is 0 Å². The molecule has 0 saturated carbocycles. The number of carbonyl (C=O) groups is 2. The van der Waals surface area contributed by atoms with Crippen LogP contribution in [0.3, 0.4) is 0 Å². The monoisotopic (exact) mass is 429 g/mol. The van der Waals surface area contributed by atoms with Gasteiger partial charge >= 0.3 is 0 Å². The maximum Gasteiger partial charge on any atom is 0.237 e. The van der Waals surface area contributed by atoms with Crippen LogP contribution in [0.1, 0.15) is 17.5 Å². The molecule has 0 radical (unpaired) electrons. The molecule has 1 aliphatic rings. The van der Waals surface area contributed by atoms with E-state index in [9.17, 15) is 14.0 Å². The second-order valence-corrected chi connectivity index (χ2v) is 7.39. The lowest BCUT2D eigenvalue weighted by Crippen LogP contribution is -2.56. The highest BCUT2D eigenvalue weighted by Gasteiger charge is 2.32. The van der Waals surface area contributed by atoms with Gasteiger partial charge in [-0.05, 0) is 30.2 Å². The Morgan fingerprint density at radius 3 is 2.68 bits per heavy atom. The summed E-state index contributed by atoms with van der Waals surface area (Å²) in [5.74, 6) is 0.717. The quantitative estimate of drug-likeness (QED) is 0.637. The molecule has 1 aliphatic heterocycles. The smallest absolute Gasteiger partial charge is 0.237 e. The summed E-state index contributed by atoms with van der Waals surface area (Å²) in [5, 5.41) is 5.70. The molecule has 0 spiro atoms. The largest absolute Gasteiger partial charge is 0.497 e. The highest BCUT2D eigenvalue weighted by Crippen LogP contribution is 2.27. The average molecular weight is 429 g/mol. The number of amides is 2. The number of methoxy groups -OCH3 is 2. The van der Waals surface area contributed by atoms with Crippen molar-refractivity contribution in [1.29, 1.82) is 0 Å². The predicted octanol–water partition coefficient (Wildman–Crippen LogP) is 1.89. The molecule has 0 aliphatic carbocycles. The molecule has 0 bridgehead atoms.